The number of anilines is 1. The van der Waals surface area contributed by atoms with E-state index in [1.54, 1.807) is 38.3 Å². The van der Waals surface area contributed by atoms with Crippen LogP contribution in [0.1, 0.15) is 21.5 Å². The molecule has 2 rings (SSSR count). The Labute approximate surface area is 149 Å². The summed E-state index contributed by atoms with van der Waals surface area (Å²) in [6.07, 6.45) is 0. The summed E-state index contributed by atoms with van der Waals surface area (Å²) >= 11 is 0. The van der Waals surface area contributed by atoms with Crippen LogP contribution in [-0.2, 0) is 20.9 Å². The zero-order valence-corrected chi connectivity index (χ0v) is 14.4. The van der Waals surface area contributed by atoms with Crippen molar-refractivity contribution in [3.8, 4) is 0 Å². The van der Waals surface area contributed by atoms with E-state index in [4.69, 9.17) is 9.47 Å². The second-order valence-corrected chi connectivity index (χ2v) is 5.51. The van der Waals surface area contributed by atoms with Crippen LogP contribution in [0.25, 0.3) is 0 Å². The van der Waals surface area contributed by atoms with E-state index in [0.717, 1.165) is 5.56 Å². The van der Waals surface area contributed by atoms with Gasteiger partial charge in [-0.15, -0.1) is 0 Å². The highest BCUT2D eigenvalue weighted by Gasteiger charge is 2.13. The summed E-state index contributed by atoms with van der Waals surface area (Å²) in [5, 5.41) is 13.3. The molecule has 0 radical (unpaired) electrons. The molecule has 0 atom stereocenters. The molecule has 0 aliphatic rings. The van der Waals surface area contributed by atoms with Crippen molar-refractivity contribution in [1.29, 1.82) is 0 Å². The standard InChI is InChI=1S/C18H18N2O6/c1-12-3-8-15(20(23)24)9-16(12)19-17(21)11-26-18(22)14-6-4-13(5-7-14)10-25-2/h3-9H,10-11H2,1-2H3,(H,19,21). The molecule has 0 saturated heterocycles. The lowest BCUT2D eigenvalue weighted by Crippen LogP contribution is -2.21. The topological polar surface area (TPSA) is 108 Å². The highest BCUT2D eigenvalue weighted by molar-refractivity contribution is 5.96. The average Bonchev–Trinajstić information content (AvgIpc) is 2.62. The molecular weight excluding hydrogens is 340 g/mol. The fraction of sp³-hybridized carbons (Fsp3) is 0.222. The molecular formula is C18H18N2O6. The third-order valence-electron chi connectivity index (χ3n) is 3.54. The van der Waals surface area contributed by atoms with Crippen LogP contribution in [-0.4, -0.2) is 30.5 Å². The molecule has 1 N–H and O–H groups in total. The second-order valence-electron chi connectivity index (χ2n) is 5.51. The molecule has 0 spiro atoms. The molecule has 1 amide bonds. The van der Waals surface area contributed by atoms with Crippen LogP contribution >= 0.6 is 0 Å². The van der Waals surface area contributed by atoms with Gasteiger partial charge < -0.3 is 14.8 Å². The van der Waals surface area contributed by atoms with Gasteiger partial charge in [0.05, 0.1) is 22.8 Å². The zero-order valence-electron chi connectivity index (χ0n) is 14.4. The maximum atomic E-state index is 12.0. The first-order valence-corrected chi connectivity index (χ1v) is 7.70. The van der Waals surface area contributed by atoms with E-state index >= 15 is 0 Å². The van der Waals surface area contributed by atoms with Gasteiger partial charge in [-0.1, -0.05) is 18.2 Å². The number of esters is 1. The van der Waals surface area contributed by atoms with Crippen molar-refractivity contribution in [2.75, 3.05) is 19.0 Å². The van der Waals surface area contributed by atoms with E-state index < -0.39 is 23.4 Å². The number of hydrogen-bond acceptors (Lipinski definition) is 6. The maximum absolute atomic E-state index is 12.0. The van der Waals surface area contributed by atoms with Crippen LogP contribution in [0, 0.1) is 17.0 Å². The Hall–Kier alpha value is -3.26. The third kappa shape index (κ3) is 5.12. The van der Waals surface area contributed by atoms with E-state index in [-0.39, 0.29) is 5.69 Å². The fourth-order valence-corrected chi connectivity index (χ4v) is 2.16. The van der Waals surface area contributed by atoms with Gasteiger partial charge in [-0.2, -0.15) is 0 Å². The SMILES string of the molecule is COCc1ccc(C(=O)OCC(=O)Nc2cc([N+](=O)[O-])ccc2C)cc1. The number of rotatable bonds is 7. The monoisotopic (exact) mass is 358 g/mol. The number of nitro groups is 1. The van der Waals surface area contributed by atoms with Gasteiger partial charge in [0.25, 0.3) is 11.6 Å². The molecule has 0 aliphatic heterocycles. The number of methoxy groups -OCH3 is 1. The molecule has 0 fully saturated rings. The van der Waals surface area contributed by atoms with Gasteiger partial charge in [0, 0.05) is 19.2 Å². The number of nitrogens with one attached hydrogen (secondary N) is 1. The van der Waals surface area contributed by atoms with E-state index in [1.165, 1.54) is 18.2 Å². The van der Waals surface area contributed by atoms with Gasteiger partial charge in [-0.3, -0.25) is 14.9 Å². The first kappa shape index (κ1) is 19.1. The molecule has 0 unspecified atom stereocenters. The van der Waals surface area contributed by atoms with Crippen LogP contribution in [0.5, 0.6) is 0 Å². The lowest BCUT2D eigenvalue weighted by atomic mass is 10.1. The average molecular weight is 358 g/mol. The number of carbonyl (C=O) groups excluding carboxylic acids is 2. The normalized spacial score (nSPS) is 10.2. The van der Waals surface area contributed by atoms with Crippen molar-refractivity contribution in [2.45, 2.75) is 13.5 Å². The highest BCUT2D eigenvalue weighted by atomic mass is 16.6. The van der Waals surface area contributed by atoms with Gasteiger partial charge in [0.2, 0.25) is 0 Å². The molecule has 26 heavy (non-hydrogen) atoms. The van der Waals surface area contributed by atoms with Gasteiger partial charge in [0.1, 0.15) is 0 Å². The number of benzene rings is 2. The van der Waals surface area contributed by atoms with Gasteiger partial charge in [-0.25, -0.2) is 4.79 Å². The van der Waals surface area contributed by atoms with Crippen LogP contribution in [0.4, 0.5) is 11.4 Å². The van der Waals surface area contributed by atoms with Gasteiger partial charge in [0.15, 0.2) is 6.61 Å². The Morgan fingerprint density at radius 1 is 1.15 bits per heavy atom. The van der Waals surface area contributed by atoms with Crippen molar-refractivity contribution >= 4 is 23.3 Å². The summed E-state index contributed by atoms with van der Waals surface area (Å²) in [4.78, 5) is 34.2. The van der Waals surface area contributed by atoms with E-state index in [0.29, 0.717) is 23.4 Å². The maximum Gasteiger partial charge on any atom is 0.338 e. The number of carbonyl (C=O) groups is 2. The van der Waals surface area contributed by atoms with Crippen LogP contribution in [0.15, 0.2) is 42.5 Å². The summed E-state index contributed by atoms with van der Waals surface area (Å²) in [5.74, 6) is -1.22. The Balaban J connectivity index is 1.93. The number of amides is 1. The van der Waals surface area contributed by atoms with Crippen molar-refractivity contribution in [3.05, 3.63) is 69.3 Å². The largest absolute Gasteiger partial charge is 0.452 e. The third-order valence-corrected chi connectivity index (χ3v) is 3.54. The molecule has 0 heterocycles. The minimum absolute atomic E-state index is 0.140. The minimum atomic E-state index is -0.639. The number of ether oxygens (including phenoxy) is 2. The summed E-state index contributed by atoms with van der Waals surface area (Å²) in [6, 6.07) is 10.8. The molecule has 0 aliphatic carbocycles. The summed E-state index contributed by atoms with van der Waals surface area (Å²) in [5.41, 5.74) is 2.03. The van der Waals surface area contributed by atoms with Crippen LogP contribution in [0.3, 0.4) is 0 Å². The van der Waals surface area contributed by atoms with Crippen molar-refractivity contribution in [3.63, 3.8) is 0 Å². The molecule has 136 valence electrons. The predicted molar refractivity (Wildman–Crippen MR) is 93.9 cm³/mol. The summed E-state index contributed by atoms with van der Waals surface area (Å²) in [6.45, 7) is 1.63. The van der Waals surface area contributed by atoms with Crippen molar-refractivity contribution < 1.29 is 24.0 Å². The Kier molecular flexibility index (Phi) is 6.40. The molecule has 0 bridgehead atoms. The first-order valence-electron chi connectivity index (χ1n) is 7.70. The molecule has 2 aromatic rings. The predicted octanol–water partition coefficient (Wildman–Crippen LogP) is 2.85. The highest BCUT2D eigenvalue weighted by Crippen LogP contribution is 2.21. The number of non-ortho nitro benzene ring substituents is 1. The summed E-state index contributed by atoms with van der Waals surface area (Å²) < 4.78 is 9.95. The number of aryl methyl sites for hydroxylation is 1. The quantitative estimate of drug-likeness (QED) is 0.463. The lowest BCUT2D eigenvalue weighted by molar-refractivity contribution is -0.384. The van der Waals surface area contributed by atoms with Gasteiger partial charge in [-0.05, 0) is 30.2 Å². The lowest BCUT2D eigenvalue weighted by Gasteiger charge is -2.09. The van der Waals surface area contributed by atoms with Crippen LogP contribution < -0.4 is 5.32 Å². The number of nitro benzene ring substituents is 1. The minimum Gasteiger partial charge on any atom is -0.452 e. The van der Waals surface area contributed by atoms with E-state index in [9.17, 15) is 19.7 Å². The molecule has 8 heteroatoms. The Morgan fingerprint density at radius 2 is 1.85 bits per heavy atom. The van der Waals surface area contributed by atoms with E-state index in [1.807, 2.05) is 0 Å². The molecule has 0 aromatic heterocycles. The van der Waals surface area contributed by atoms with Gasteiger partial charge >= 0.3 is 5.97 Å². The van der Waals surface area contributed by atoms with Crippen molar-refractivity contribution in [2.24, 2.45) is 0 Å². The zero-order chi connectivity index (χ0) is 19.1. The smallest absolute Gasteiger partial charge is 0.338 e. The number of hydrogen-bond donors (Lipinski definition) is 1. The molecule has 0 saturated carbocycles. The number of nitrogens with zero attached hydrogens (tertiary/aromatic N) is 1. The Bertz CT molecular complexity index is 817. The Morgan fingerprint density at radius 3 is 2.46 bits per heavy atom. The molecule has 2 aromatic carbocycles. The fourth-order valence-electron chi connectivity index (χ4n) is 2.16. The van der Waals surface area contributed by atoms with E-state index in [2.05, 4.69) is 5.32 Å². The second kappa shape index (κ2) is 8.72. The summed E-state index contributed by atoms with van der Waals surface area (Å²) in [7, 11) is 1.57. The first-order chi connectivity index (χ1) is 12.4. The van der Waals surface area contributed by atoms with Crippen molar-refractivity contribution in [1.82, 2.24) is 0 Å². The van der Waals surface area contributed by atoms with Crippen LogP contribution in [0.2, 0.25) is 0 Å². The molecule has 8 nitrogen and oxygen atoms in total.